The van der Waals surface area contributed by atoms with Gasteiger partial charge in [0.15, 0.2) is 0 Å². The van der Waals surface area contributed by atoms with Gasteiger partial charge in [-0.05, 0) is 58.4 Å². The molecule has 3 fully saturated rings. The van der Waals surface area contributed by atoms with Crippen LogP contribution >= 0.6 is 0 Å². The van der Waals surface area contributed by atoms with E-state index in [9.17, 15) is 9.59 Å². The summed E-state index contributed by atoms with van der Waals surface area (Å²) in [7, 11) is 2.08. The number of rotatable bonds is 17. The van der Waals surface area contributed by atoms with Crippen LogP contribution < -0.4 is 0 Å². The smallest absolute Gasteiger partial charge is 0.312 e. The lowest BCUT2D eigenvalue weighted by Crippen LogP contribution is -2.52. The zero-order valence-electron chi connectivity index (χ0n) is 23.6. The van der Waals surface area contributed by atoms with Crippen molar-refractivity contribution in [1.29, 1.82) is 0 Å². The van der Waals surface area contributed by atoms with Crippen LogP contribution in [0.3, 0.4) is 0 Å². The summed E-state index contributed by atoms with van der Waals surface area (Å²) in [6.45, 7) is 5.94. The quantitative estimate of drug-likeness (QED) is 0.137. The number of nitrogens with zero attached hydrogens (tertiary/aromatic N) is 2. The second-order valence-corrected chi connectivity index (χ2v) is 11.2. The third-order valence-corrected chi connectivity index (χ3v) is 8.23. The van der Waals surface area contributed by atoms with Gasteiger partial charge in [0.1, 0.15) is 0 Å². The average molecular weight is 517 g/mol. The first-order valence-electron chi connectivity index (χ1n) is 15.2. The molecule has 1 amide bonds. The fourth-order valence-corrected chi connectivity index (χ4v) is 5.89. The number of hydrogen-bond acceptors (Lipinski definition) is 5. The van der Waals surface area contributed by atoms with E-state index in [1.54, 1.807) is 0 Å². The number of fused-ring (bicyclic) bond motifs is 2. The Hall–Kier alpha value is -1.66. The highest BCUT2D eigenvalue weighted by atomic mass is 16.5. The van der Waals surface area contributed by atoms with Crippen LogP contribution in [-0.2, 0) is 19.1 Å². The number of hydrogen-bond donors (Lipinski definition) is 0. The maximum Gasteiger partial charge on any atom is 0.312 e. The van der Waals surface area contributed by atoms with Gasteiger partial charge in [0.05, 0.1) is 30.7 Å². The van der Waals surface area contributed by atoms with Crippen LogP contribution in [0.1, 0.15) is 96.8 Å². The van der Waals surface area contributed by atoms with Crippen molar-refractivity contribution >= 4 is 11.9 Å². The predicted octanol–water partition coefficient (Wildman–Crippen LogP) is 5.91. The summed E-state index contributed by atoms with van der Waals surface area (Å²) in [6.07, 6.45) is 25.0. The molecule has 0 radical (unpaired) electrons. The van der Waals surface area contributed by atoms with E-state index in [0.29, 0.717) is 6.61 Å². The molecule has 210 valence electrons. The van der Waals surface area contributed by atoms with E-state index in [-0.39, 0.29) is 30.0 Å². The fraction of sp³-hybridized carbons (Fsp3) is 0.806. The monoisotopic (exact) mass is 516 g/mol. The average Bonchev–Trinajstić information content (AvgIpc) is 3.52. The SMILES string of the molecule is CCCCC/C=C\C/C=C\CCCCCCCCOC(=O)C1C2CCC(O2)C1C(=O)N1CCN(C)CC1. The highest BCUT2D eigenvalue weighted by Gasteiger charge is 2.56. The summed E-state index contributed by atoms with van der Waals surface area (Å²) in [5, 5.41) is 0. The van der Waals surface area contributed by atoms with Gasteiger partial charge in [-0.15, -0.1) is 0 Å². The van der Waals surface area contributed by atoms with Gasteiger partial charge in [-0.2, -0.15) is 0 Å². The number of allylic oxidation sites excluding steroid dienone is 4. The number of carbonyl (C=O) groups excluding carboxylic acids is 2. The summed E-state index contributed by atoms with van der Waals surface area (Å²) in [5.74, 6) is -0.903. The van der Waals surface area contributed by atoms with Crippen molar-refractivity contribution in [3.8, 4) is 0 Å². The molecule has 37 heavy (non-hydrogen) atoms. The number of ether oxygens (including phenoxy) is 2. The van der Waals surface area contributed by atoms with Crippen molar-refractivity contribution < 1.29 is 19.1 Å². The number of amides is 1. The largest absolute Gasteiger partial charge is 0.465 e. The molecular formula is C31H52N2O4. The first-order chi connectivity index (χ1) is 18.1. The molecule has 4 unspecified atom stereocenters. The highest BCUT2D eigenvalue weighted by molar-refractivity contribution is 5.87. The second-order valence-electron chi connectivity index (χ2n) is 11.2. The fourth-order valence-electron chi connectivity index (χ4n) is 5.89. The molecule has 3 saturated heterocycles. The van der Waals surface area contributed by atoms with Crippen molar-refractivity contribution in [2.45, 2.75) is 109 Å². The van der Waals surface area contributed by atoms with E-state index in [0.717, 1.165) is 58.3 Å². The third-order valence-electron chi connectivity index (χ3n) is 8.23. The molecule has 0 spiro atoms. The van der Waals surface area contributed by atoms with Crippen LogP contribution in [-0.4, -0.2) is 73.7 Å². The molecule has 3 aliphatic heterocycles. The van der Waals surface area contributed by atoms with E-state index in [2.05, 4.69) is 43.2 Å². The van der Waals surface area contributed by atoms with Crippen LogP contribution in [0.25, 0.3) is 0 Å². The van der Waals surface area contributed by atoms with Gasteiger partial charge < -0.3 is 19.3 Å². The lowest BCUT2D eigenvalue weighted by molar-refractivity contribution is -0.156. The molecule has 0 N–H and O–H groups in total. The molecule has 0 aromatic heterocycles. The lowest BCUT2D eigenvalue weighted by Gasteiger charge is -2.36. The van der Waals surface area contributed by atoms with Crippen LogP contribution in [0.4, 0.5) is 0 Å². The van der Waals surface area contributed by atoms with Gasteiger partial charge >= 0.3 is 5.97 Å². The second kappa shape index (κ2) is 17.0. The van der Waals surface area contributed by atoms with E-state index in [4.69, 9.17) is 9.47 Å². The molecule has 0 aromatic carbocycles. The van der Waals surface area contributed by atoms with Gasteiger partial charge in [-0.1, -0.05) is 69.8 Å². The van der Waals surface area contributed by atoms with Crippen LogP contribution in [0, 0.1) is 11.8 Å². The highest BCUT2D eigenvalue weighted by Crippen LogP contribution is 2.45. The molecule has 3 heterocycles. The predicted molar refractivity (Wildman–Crippen MR) is 149 cm³/mol. The number of carbonyl (C=O) groups is 2. The van der Waals surface area contributed by atoms with Gasteiger partial charge in [-0.3, -0.25) is 9.59 Å². The maximum atomic E-state index is 13.3. The van der Waals surface area contributed by atoms with Gasteiger partial charge in [0, 0.05) is 26.2 Å². The van der Waals surface area contributed by atoms with Crippen molar-refractivity contribution in [2.75, 3.05) is 39.8 Å². The Morgan fingerprint density at radius 2 is 1.38 bits per heavy atom. The minimum Gasteiger partial charge on any atom is -0.465 e. The Bertz CT molecular complexity index is 729. The van der Waals surface area contributed by atoms with Gasteiger partial charge in [-0.25, -0.2) is 0 Å². The Kier molecular flexibility index (Phi) is 13.8. The standard InChI is InChI=1S/C31H52N2O4/c1-3-4-5-6-7-8-9-10-11-12-13-14-15-16-17-18-25-36-31(35)29-27-20-19-26(37-27)28(29)30(34)33-23-21-32(2)22-24-33/h7-8,10-11,26-29H,3-6,9,12-25H2,1-2H3/b8-7-,11-10-. The summed E-state index contributed by atoms with van der Waals surface area (Å²) in [5.41, 5.74) is 0. The summed E-state index contributed by atoms with van der Waals surface area (Å²) in [6, 6.07) is 0. The van der Waals surface area contributed by atoms with E-state index in [1.165, 1.54) is 57.8 Å². The normalized spacial score (nSPS) is 26.1. The Morgan fingerprint density at radius 1 is 0.784 bits per heavy atom. The molecule has 3 rings (SSSR count). The van der Waals surface area contributed by atoms with Crippen LogP contribution in [0.5, 0.6) is 0 Å². The molecule has 4 atom stereocenters. The minimum atomic E-state index is -0.421. The third kappa shape index (κ3) is 9.86. The molecule has 0 saturated carbocycles. The zero-order chi connectivity index (χ0) is 26.3. The topological polar surface area (TPSA) is 59.1 Å². The van der Waals surface area contributed by atoms with Crippen molar-refractivity contribution in [1.82, 2.24) is 9.80 Å². The Morgan fingerprint density at radius 3 is 2.05 bits per heavy atom. The van der Waals surface area contributed by atoms with Crippen molar-refractivity contribution in [3.63, 3.8) is 0 Å². The van der Waals surface area contributed by atoms with E-state index >= 15 is 0 Å². The molecule has 2 bridgehead atoms. The number of piperazine rings is 1. The van der Waals surface area contributed by atoms with E-state index < -0.39 is 5.92 Å². The summed E-state index contributed by atoms with van der Waals surface area (Å²) < 4.78 is 11.7. The first kappa shape index (κ1) is 29.9. The van der Waals surface area contributed by atoms with Gasteiger partial charge in [0.2, 0.25) is 5.91 Å². The number of esters is 1. The summed E-state index contributed by atoms with van der Waals surface area (Å²) >= 11 is 0. The lowest BCUT2D eigenvalue weighted by atomic mass is 9.78. The molecule has 0 aromatic rings. The van der Waals surface area contributed by atoms with Crippen LogP contribution in [0.2, 0.25) is 0 Å². The number of unbranched alkanes of at least 4 members (excludes halogenated alkanes) is 9. The number of likely N-dealkylation sites (N-methyl/N-ethyl adjacent to an activating group) is 1. The van der Waals surface area contributed by atoms with Crippen molar-refractivity contribution in [2.24, 2.45) is 11.8 Å². The molecule has 6 nitrogen and oxygen atoms in total. The van der Waals surface area contributed by atoms with Crippen molar-refractivity contribution in [3.05, 3.63) is 24.3 Å². The zero-order valence-corrected chi connectivity index (χ0v) is 23.6. The molecule has 6 heteroatoms. The maximum absolute atomic E-state index is 13.3. The Labute approximate surface area is 225 Å². The molecule has 3 aliphatic rings. The van der Waals surface area contributed by atoms with Crippen LogP contribution in [0.15, 0.2) is 24.3 Å². The minimum absolute atomic E-state index is 0.0935. The van der Waals surface area contributed by atoms with E-state index in [1.807, 2.05) is 4.90 Å². The molecule has 0 aliphatic carbocycles. The summed E-state index contributed by atoms with van der Waals surface area (Å²) in [4.78, 5) is 30.4. The van der Waals surface area contributed by atoms with Gasteiger partial charge in [0.25, 0.3) is 0 Å². The molecular weight excluding hydrogens is 464 g/mol. The Balaban J connectivity index is 1.21. The first-order valence-corrected chi connectivity index (χ1v) is 15.2.